The molecule has 2 aromatic rings. The molecular weight excluding hydrogens is 359 g/mol. The van der Waals surface area contributed by atoms with Crippen molar-refractivity contribution in [3.05, 3.63) is 59.3 Å². The summed E-state index contributed by atoms with van der Waals surface area (Å²) in [6.45, 7) is 2.06. The van der Waals surface area contributed by atoms with Gasteiger partial charge in [0, 0.05) is 25.7 Å². The SMILES string of the molecule is Cc1ccnc(NC(=O)C2CC(=O)N(Cc3cccc(C(F)(F)F)c3)C2)c1. The van der Waals surface area contributed by atoms with E-state index in [9.17, 15) is 22.8 Å². The predicted octanol–water partition coefficient (Wildman–Crippen LogP) is 3.40. The minimum Gasteiger partial charge on any atom is -0.338 e. The Morgan fingerprint density at radius 1 is 1.30 bits per heavy atom. The van der Waals surface area contributed by atoms with Crippen LogP contribution in [0.2, 0.25) is 0 Å². The molecular formula is C19H18F3N3O2. The number of carbonyl (C=O) groups is 2. The molecule has 0 aliphatic carbocycles. The molecule has 1 aromatic carbocycles. The minimum atomic E-state index is -4.44. The molecule has 8 heteroatoms. The second-order valence-corrected chi connectivity index (χ2v) is 6.58. The van der Waals surface area contributed by atoms with Crippen LogP contribution < -0.4 is 5.32 Å². The number of pyridine rings is 1. The van der Waals surface area contributed by atoms with Crippen LogP contribution in [0.15, 0.2) is 42.6 Å². The average Bonchev–Trinajstić information content (AvgIpc) is 2.95. The predicted molar refractivity (Wildman–Crippen MR) is 92.6 cm³/mol. The molecule has 0 saturated carbocycles. The average molecular weight is 377 g/mol. The molecule has 1 aromatic heterocycles. The molecule has 2 heterocycles. The zero-order chi connectivity index (χ0) is 19.6. The largest absolute Gasteiger partial charge is 0.416 e. The molecule has 0 radical (unpaired) electrons. The fraction of sp³-hybridized carbons (Fsp3) is 0.316. The number of aryl methyl sites for hydroxylation is 1. The second-order valence-electron chi connectivity index (χ2n) is 6.58. The monoisotopic (exact) mass is 377 g/mol. The van der Waals surface area contributed by atoms with Crippen LogP contribution in [-0.2, 0) is 22.3 Å². The minimum absolute atomic E-state index is 0.0244. The number of hydrogen-bond acceptors (Lipinski definition) is 3. The quantitative estimate of drug-likeness (QED) is 0.888. The normalized spacial score (nSPS) is 17.3. The Hall–Kier alpha value is -2.90. The maximum Gasteiger partial charge on any atom is 0.416 e. The lowest BCUT2D eigenvalue weighted by Crippen LogP contribution is -2.28. The van der Waals surface area contributed by atoms with Crippen molar-refractivity contribution < 1.29 is 22.8 Å². The summed E-state index contributed by atoms with van der Waals surface area (Å²) in [6.07, 6.45) is -2.84. The number of benzene rings is 1. The maximum atomic E-state index is 12.8. The Bertz CT molecular complexity index is 867. The fourth-order valence-electron chi connectivity index (χ4n) is 3.00. The lowest BCUT2D eigenvalue weighted by Gasteiger charge is -2.17. The van der Waals surface area contributed by atoms with Crippen LogP contribution in [0.5, 0.6) is 0 Å². The second kappa shape index (κ2) is 7.38. The molecule has 1 unspecified atom stereocenters. The van der Waals surface area contributed by atoms with Gasteiger partial charge in [0.2, 0.25) is 11.8 Å². The van der Waals surface area contributed by atoms with E-state index >= 15 is 0 Å². The van der Waals surface area contributed by atoms with Gasteiger partial charge in [0.05, 0.1) is 11.5 Å². The lowest BCUT2D eigenvalue weighted by atomic mass is 10.1. The molecule has 0 bridgehead atoms. The first-order chi connectivity index (χ1) is 12.7. The van der Waals surface area contributed by atoms with Crippen LogP contribution >= 0.6 is 0 Å². The first-order valence-corrected chi connectivity index (χ1v) is 8.40. The first kappa shape index (κ1) is 18.9. The molecule has 5 nitrogen and oxygen atoms in total. The highest BCUT2D eigenvalue weighted by Crippen LogP contribution is 2.30. The number of nitrogens with one attached hydrogen (secondary N) is 1. The highest BCUT2D eigenvalue weighted by molar-refractivity contribution is 5.96. The van der Waals surface area contributed by atoms with Gasteiger partial charge in [0.25, 0.3) is 0 Å². The van der Waals surface area contributed by atoms with Crippen molar-refractivity contribution in [3.8, 4) is 0 Å². The number of anilines is 1. The van der Waals surface area contributed by atoms with E-state index in [0.29, 0.717) is 11.4 Å². The Labute approximate surface area is 154 Å². The van der Waals surface area contributed by atoms with Crippen LogP contribution in [0, 0.1) is 12.8 Å². The van der Waals surface area contributed by atoms with Crippen LogP contribution in [-0.4, -0.2) is 28.2 Å². The van der Waals surface area contributed by atoms with E-state index in [4.69, 9.17) is 0 Å². The number of amides is 2. The number of aromatic nitrogens is 1. The molecule has 1 aliphatic heterocycles. The van der Waals surface area contributed by atoms with Gasteiger partial charge in [0.15, 0.2) is 0 Å². The zero-order valence-corrected chi connectivity index (χ0v) is 14.6. The van der Waals surface area contributed by atoms with Gasteiger partial charge in [-0.15, -0.1) is 0 Å². The van der Waals surface area contributed by atoms with Crippen molar-refractivity contribution in [2.45, 2.75) is 26.1 Å². The van der Waals surface area contributed by atoms with Crippen molar-refractivity contribution >= 4 is 17.6 Å². The van der Waals surface area contributed by atoms with Crippen LogP contribution in [0.4, 0.5) is 19.0 Å². The van der Waals surface area contributed by atoms with E-state index in [1.165, 1.54) is 17.0 Å². The molecule has 0 spiro atoms. The van der Waals surface area contributed by atoms with Gasteiger partial charge in [-0.25, -0.2) is 4.98 Å². The van der Waals surface area contributed by atoms with E-state index < -0.39 is 17.7 Å². The Balaban J connectivity index is 1.64. The Kier molecular flexibility index (Phi) is 5.16. The lowest BCUT2D eigenvalue weighted by molar-refractivity contribution is -0.137. The number of halogens is 3. The Morgan fingerprint density at radius 3 is 2.78 bits per heavy atom. The van der Waals surface area contributed by atoms with Crippen LogP contribution in [0.3, 0.4) is 0 Å². The number of hydrogen-bond donors (Lipinski definition) is 1. The smallest absolute Gasteiger partial charge is 0.338 e. The summed E-state index contributed by atoms with van der Waals surface area (Å²) < 4.78 is 38.5. The summed E-state index contributed by atoms with van der Waals surface area (Å²) >= 11 is 0. The van der Waals surface area contributed by atoms with Gasteiger partial charge >= 0.3 is 6.18 Å². The third kappa shape index (κ3) is 4.64. The maximum absolute atomic E-state index is 12.8. The molecule has 2 amide bonds. The highest BCUT2D eigenvalue weighted by atomic mass is 19.4. The number of likely N-dealkylation sites (tertiary alicyclic amines) is 1. The number of rotatable bonds is 4. The summed E-state index contributed by atoms with van der Waals surface area (Å²) in [5.74, 6) is -0.743. The van der Waals surface area contributed by atoms with Gasteiger partial charge in [0.1, 0.15) is 5.82 Å². The van der Waals surface area contributed by atoms with E-state index in [2.05, 4.69) is 10.3 Å². The van der Waals surface area contributed by atoms with E-state index in [1.54, 1.807) is 18.3 Å². The van der Waals surface area contributed by atoms with Gasteiger partial charge < -0.3 is 10.2 Å². The van der Waals surface area contributed by atoms with Crippen molar-refractivity contribution in [2.24, 2.45) is 5.92 Å². The van der Waals surface area contributed by atoms with Gasteiger partial charge in [-0.3, -0.25) is 9.59 Å². The van der Waals surface area contributed by atoms with Crippen LogP contribution in [0.1, 0.15) is 23.1 Å². The first-order valence-electron chi connectivity index (χ1n) is 8.40. The third-order valence-corrected chi connectivity index (χ3v) is 4.38. The summed E-state index contributed by atoms with van der Waals surface area (Å²) in [5.41, 5.74) is 0.556. The molecule has 1 saturated heterocycles. The topological polar surface area (TPSA) is 62.3 Å². The fourth-order valence-corrected chi connectivity index (χ4v) is 3.00. The summed E-state index contributed by atoms with van der Waals surface area (Å²) in [6, 6.07) is 8.37. The summed E-state index contributed by atoms with van der Waals surface area (Å²) in [5, 5.41) is 2.68. The number of carbonyl (C=O) groups excluding carboxylic acids is 2. The molecule has 1 fully saturated rings. The molecule has 142 valence electrons. The number of nitrogens with zero attached hydrogens (tertiary/aromatic N) is 2. The van der Waals surface area contributed by atoms with Gasteiger partial charge in [-0.05, 0) is 42.3 Å². The van der Waals surface area contributed by atoms with E-state index in [1.807, 2.05) is 6.92 Å². The molecule has 1 N–H and O–H groups in total. The number of alkyl halides is 3. The van der Waals surface area contributed by atoms with E-state index in [0.717, 1.165) is 17.7 Å². The van der Waals surface area contributed by atoms with Gasteiger partial charge in [-0.1, -0.05) is 12.1 Å². The highest BCUT2D eigenvalue weighted by Gasteiger charge is 2.35. The summed E-state index contributed by atoms with van der Waals surface area (Å²) in [7, 11) is 0. The molecule has 1 atom stereocenters. The Morgan fingerprint density at radius 2 is 2.07 bits per heavy atom. The third-order valence-electron chi connectivity index (χ3n) is 4.38. The van der Waals surface area contributed by atoms with Crippen molar-refractivity contribution in [2.75, 3.05) is 11.9 Å². The zero-order valence-electron chi connectivity index (χ0n) is 14.6. The van der Waals surface area contributed by atoms with Crippen molar-refractivity contribution in [3.63, 3.8) is 0 Å². The van der Waals surface area contributed by atoms with Gasteiger partial charge in [-0.2, -0.15) is 13.2 Å². The molecule has 1 aliphatic rings. The summed E-state index contributed by atoms with van der Waals surface area (Å²) in [4.78, 5) is 30.0. The molecule has 3 rings (SSSR count). The van der Waals surface area contributed by atoms with Crippen molar-refractivity contribution in [1.29, 1.82) is 0 Å². The standard InChI is InChI=1S/C19H18F3N3O2/c1-12-5-6-23-16(7-12)24-18(27)14-9-17(26)25(11-14)10-13-3-2-4-15(8-13)19(20,21)22/h2-8,14H,9-11H2,1H3,(H,23,24,27). The van der Waals surface area contributed by atoms with Crippen molar-refractivity contribution in [1.82, 2.24) is 9.88 Å². The van der Waals surface area contributed by atoms with E-state index in [-0.39, 0.29) is 31.3 Å². The van der Waals surface area contributed by atoms with Crippen LogP contribution in [0.25, 0.3) is 0 Å². The molecule has 27 heavy (non-hydrogen) atoms.